The van der Waals surface area contributed by atoms with E-state index in [1.807, 2.05) is 13.8 Å². The van der Waals surface area contributed by atoms with Crippen molar-refractivity contribution in [3.63, 3.8) is 0 Å². The molecule has 1 aliphatic heterocycles. The molecule has 0 spiro atoms. The fourth-order valence-corrected chi connectivity index (χ4v) is 11.3. The number of nitrogens with one attached hydrogen (secondary N) is 1. The summed E-state index contributed by atoms with van der Waals surface area (Å²) in [4.78, 5) is 26.2. The summed E-state index contributed by atoms with van der Waals surface area (Å²) in [6, 6.07) is 1.20. The van der Waals surface area contributed by atoms with E-state index >= 15 is 0 Å². The molecule has 1 saturated heterocycles. The summed E-state index contributed by atoms with van der Waals surface area (Å²) >= 11 is 7.25. The van der Waals surface area contributed by atoms with Crippen LogP contribution < -0.4 is 11.2 Å². The molecule has 1 unspecified atom stereocenters. The molecule has 1 aromatic heterocycles. The van der Waals surface area contributed by atoms with Crippen molar-refractivity contribution in [2.75, 3.05) is 6.61 Å². The van der Waals surface area contributed by atoms with Crippen LogP contribution in [0, 0.1) is 5.92 Å². The lowest BCUT2D eigenvalue weighted by Crippen LogP contribution is -2.45. The fourth-order valence-electron chi connectivity index (χ4n) is 4.52. The van der Waals surface area contributed by atoms with Gasteiger partial charge in [-0.05, 0) is 57.2 Å². The number of allylic oxidation sites excluding steroid dienone is 1. The number of hydrogen-bond donors (Lipinski definition) is 3. The molecular weight excluding hydrogens is 563 g/mol. The lowest BCUT2D eigenvalue weighted by molar-refractivity contribution is -0.0525. The Kier molecular flexibility index (Phi) is 10.2. The van der Waals surface area contributed by atoms with Crippen LogP contribution >= 0.6 is 17.5 Å². The largest absolute Gasteiger partial charge is 0.414 e. The van der Waals surface area contributed by atoms with Gasteiger partial charge < -0.3 is 23.9 Å². The van der Waals surface area contributed by atoms with Gasteiger partial charge in [-0.1, -0.05) is 56.1 Å². The van der Waals surface area contributed by atoms with Gasteiger partial charge in [-0.25, -0.2) is 4.79 Å². The van der Waals surface area contributed by atoms with Crippen LogP contribution in [0.1, 0.15) is 60.1 Å². The Hall–Kier alpha value is -0.563. The Morgan fingerprint density at radius 1 is 1.39 bits per heavy atom. The summed E-state index contributed by atoms with van der Waals surface area (Å²) in [5.41, 5.74) is -0.144. The smallest absolute Gasteiger partial charge is 0.330 e. The van der Waals surface area contributed by atoms with E-state index in [1.165, 1.54) is 23.6 Å². The maximum Gasteiger partial charge on any atom is 0.330 e. The molecule has 1 aliphatic carbocycles. The van der Waals surface area contributed by atoms with E-state index in [0.29, 0.717) is 12.3 Å². The van der Waals surface area contributed by atoms with Gasteiger partial charge in [0.15, 0.2) is 14.5 Å². The molecule has 13 heteroatoms. The van der Waals surface area contributed by atoms with Crippen LogP contribution in [0.15, 0.2) is 34.0 Å². The molecule has 1 saturated carbocycles. The Balaban J connectivity index is 1.80. The van der Waals surface area contributed by atoms with Crippen molar-refractivity contribution < 1.29 is 23.9 Å². The number of nitrogens with zero attached hydrogens (tertiary/aromatic N) is 1. The average Bonchev–Trinajstić information content (AvgIpc) is 3.08. The monoisotopic (exact) mass is 606 g/mol. The molecule has 0 bridgehead atoms. The summed E-state index contributed by atoms with van der Waals surface area (Å²) in [6.45, 7) is 18.9. The fraction of sp³-hybridized carbons (Fsp3) is 0.760. The predicted octanol–water partition coefficient (Wildman–Crippen LogP) is 3.94. The first-order chi connectivity index (χ1) is 17.4. The van der Waals surface area contributed by atoms with Gasteiger partial charge in [-0.2, -0.15) is 0 Å². The molecule has 8 atom stereocenters. The summed E-state index contributed by atoms with van der Waals surface area (Å²) in [7, 11) is -2.15. The van der Waals surface area contributed by atoms with E-state index in [1.54, 1.807) is 0 Å². The van der Waals surface area contributed by atoms with E-state index in [9.17, 15) is 19.8 Å². The number of ether oxygens (including phenoxy) is 1. The first-order valence-electron chi connectivity index (χ1n) is 13.0. The summed E-state index contributed by atoms with van der Waals surface area (Å²) in [5.74, 6) is 0.290. The van der Waals surface area contributed by atoms with E-state index in [-0.39, 0.29) is 11.6 Å². The van der Waals surface area contributed by atoms with Crippen molar-refractivity contribution in [2.45, 2.75) is 107 Å². The minimum atomic E-state index is -2.15. The molecule has 3 rings (SSSR count). The molecular formula is C25H43N2O7PS2Si. The van der Waals surface area contributed by atoms with E-state index < -0.39 is 61.1 Å². The van der Waals surface area contributed by atoms with Gasteiger partial charge in [0, 0.05) is 17.0 Å². The third-order valence-corrected chi connectivity index (χ3v) is 17.6. The highest BCUT2D eigenvalue weighted by Gasteiger charge is 2.49. The average molecular weight is 607 g/mol. The molecule has 38 heavy (non-hydrogen) atoms. The number of hydrogen-bond acceptors (Lipinski definition) is 9. The van der Waals surface area contributed by atoms with Gasteiger partial charge in [0.05, 0.1) is 12.7 Å². The lowest BCUT2D eigenvalue weighted by atomic mass is 9.77. The molecule has 216 valence electrons. The molecule has 2 aliphatic rings. The number of rotatable bonds is 9. The van der Waals surface area contributed by atoms with Crippen molar-refractivity contribution in [1.82, 2.24) is 9.55 Å². The normalized spacial score (nSPS) is 33.3. The van der Waals surface area contributed by atoms with Crippen LogP contribution in [0.2, 0.25) is 18.1 Å². The maximum atomic E-state index is 12.5. The Bertz CT molecular complexity index is 1150. The zero-order chi connectivity index (χ0) is 28.6. The quantitative estimate of drug-likeness (QED) is 0.218. The third-order valence-electron chi connectivity index (χ3n) is 8.30. The Morgan fingerprint density at radius 2 is 2.05 bits per heavy atom. The molecule has 3 N–H and O–H groups in total. The highest BCUT2D eigenvalue weighted by Crippen LogP contribution is 2.56. The molecule has 9 nitrogen and oxygen atoms in total. The SMILES string of the molecule is C=C(C)[C@@H]1CC[C@](C)(S[PH](=S)O[C@H]2[C@@H](O)[C@H](n3ccc(=O)[nH]c3=O)O[C@@H]2CO[Si](C)(C)C(C)(C)C)[C@@H](O)C1. The van der Waals surface area contributed by atoms with Crippen LogP contribution in [0.3, 0.4) is 0 Å². The minimum absolute atomic E-state index is 0.0357. The molecule has 0 radical (unpaired) electrons. The van der Waals surface area contributed by atoms with Crippen LogP contribution in [0.4, 0.5) is 0 Å². The van der Waals surface area contributed by atoms with Gasteiger partial charge in [0.1, 0.15) is 24.4 Å². The number of aromatic nitrogens is 2. The van der Waals surface area contributed by atoms with Gasteiger partial charge >= 0.3 is 5.69 Å². The number of H-pyrrole nitrogens is 1. The van der Waals surface area contributed by atoms with Gasteiger partial charge in [-0.15, -0.1) is 0 Å². The zero-order valence-electron chi connectivity index (χ0n) is 23.4. The first kappa shape index (κ1) is 32.0. The maximum absolute atomic E-state index is 12.5. The van der Waals surface area contributed by atoms with Crippen LogP contribution in [0.5, 0.6) is 0 Å². The van der Waals surface area contributed by atoms with E-state index in [0.717, 1.165) is 23.0 Å². The van der Waals surface area contributed by atoms with Gasteiger partial charge in [0.25, 0.3) is 5.56 Å². The first-order valence-corrected chi connectivity index (χ1v) is 20.0. The summed E-state index contributed by atoms with van der Waals surface area (Å²) in [6.07, 6.45) is -2.69. The molecule has 0 aromatic carbocycles. The zero-order valence-corrected chi connectivity index (χ0v) is 27.0. The van der Waals surface area contributed by atoms with Gasteiger partial charge in [0.2, 0.25) is 0 Å². The molecule has 2 heterocycles. The Labute approximate surface area is 235 Å². The number of aliphatic hydroxyl groups excluding tert-OH is 2. The lowest BCUT2D eigenvalue weighted by Gasteiger charge is -2.42. The predicted molar refractivity (Wildman–Crippen MR) is 159 cm³/mol. The van der Waals surface area contributed by atoms with Crippen LogP contribution in [-0.2, 0) is 25.5 Å². The topological polar surface area (TPSA) is 123 Å². The van der Waals surface area contributed by atoms with Crippen molar-refractivity contribution in [3.05, 3.63) is 45.3 Å². The molecule has 2 fully saturated rings. The highest BCUT2D eigenvalue weighted by atomic mass is 32.9. The standard InChI is InChI=1S/C25H43N2O7PS2Si/c1-15(2)16-9-11-25(6,18(28)13-16)37-35(36)34-21-17(14-32-38(7,8)24(3,4)5)33-22(20(21)30)27-12-10-19(29)26-23(27)31/h10,12,16-18,20-22,28,30,35H,1,9,11,13-14H2,2-8H3,(H,26,29,31)/t16-,17-,18+,20-,21-,22-,25+/m1/s1. The van der Waals surface area contributed by atoms with Crippen molar-refractivity contribution in [2.24, 2.45) is 5.92 Å². The van der Waals surface area contributed by atoms with Gasteiger partial charge in [-0.3, -0.25) is 14.3 Å². The highest BCUT2D eigenvalue weighted by molar-refractivity contribution is 8.63. The number of aromatic amines is 1. The molecule has 1 aromatic rings. The Morgan fingerprint density at radius 3 is 2.61 bits per heavy atom. The van der Waals surface area contributed by atoms with Crippen molar-refractivity contribution in [1.29, 1.82) is 0 Å². The second kappa shape index (κ2) is 12.1. The second-order valence-corrected chi connectivity index (χ2v) is 22.5. The second-order valence-electron chi connectivity index (χ2n) is 12.2. The molecule has 0 amide bonds. The van der Waals surface area contributed by atoms with Crippen LogP contribution in [-0.4, -0.2) is 63.9 Å². The van der Waals surface area contributed by atoms with Crippen molar-refractivity contribution >= 4 is 37.6 Å². The summed E-state index contributed by atoms with van der Waals surface area (Å²) < 4.78 is 19.5. The van der Waals surface area contributed by atoms with Crippen molar-refractivity contribution in [3.8, 4) is 0 Å². The van der Waals surface area contributed by atoms with E-state index in [2.05, 4.69) is 45.4 Å². The number of aliphatic hydroxyl groups is 2. The summed E-state index contributed by atoms with van der Waals surface area (Å²) in [5, 5.41) is 22.2. The van der Waals surface area contributed by atoms with E-state index in [4.69, 9.17) is 25.5 Å². The minimum Gasteiger partial charge on any atom is -0.414 e. The van der Waals surface area contributed by atoms with Crippen LogP contribution in [0.25, 0.3) is 0 Å². The third kappa shape index (κ3) is 7.19.